The van der Waals surface area contributed by atoms with Crippen molar-refractivity contribution in [3.8, 4) is 0 Å². The number of hydrogen-bond donors (Lipinski definition) is 0. The van der Waals surface area contributed by atoms with E-state index < -0.39 is 10.0 Å². The number of benzene rings is 2. The van der Waals surface area contributed by atoms with E-state index in [0.29, 0.717) is 0 Å². The van der Waals surface area contributed by atoms with Gasteiger partial charge in [-0.05, 0) is 46.1 Å². The molecular weight excluding hydrogens is 212 g/mol. The Morgan fingerprint density at radius 1 is 0.750 bits per heavy atom. The summed E-state index contributed by atoms with van der Waals surface area (Å²) in [6, 6.07) is 21.8. The Bertz CT molecular complexity index is 394. The van der Waals surface area contributed by atoms with Crippen LogP contribution in [0.2, 0.25) is 0 Å². The molecule has 0 heterocycles. The Labute approximate surface area is 99.6 Å². The van der Waals surface area contributed by atoms with Crippen molar-refractivity contribution in [3.05, 3.63) is 60.7 Å². The van der Waals surface area contributed by atoms with Gasteiger partial charge in [0.2, 0.25) is 0 Å². The maximum atomic E-state index is 2.40. The van der Waals surface area contributed by atoms with Crippen LogP contribution in [0.3, 0.4) is 0 Å². The summed E-state index contributed by atoms with van der Waals surface area (Å²) in [5, 5.41) is 0. The second kappa shape index (κ2) is 4.75. The van der Waals surface area contributed by atoms with Crippen molar-refractivity contribution >= 4 is 10.0 Å². The smallest absolute Gasteiger partial charge is 0.00618 e. The summed E-state index contributed by atoms with van der Waals surface area (Å²) in [5.41, 5.74) is 0. The third kappa shape index (κ3) is 2.00. The van der Waals surface area contributed by atoms with Gasteiger partial charge in [-0.1, -0.05) is 43.3 Å². The van der Waals surface area contributed by atoms with Gasteiger partial charge in [-0.25, -0.2) is 0 Å². The first kappa shape index (κ1) is 11.3. The molecule has 0 amide bonds. The fourth-order valence-corrected chi connectivity index (χ4v) is 4.37. The van der Waals surface area contributed by atoms with Crippen LogP contribution in [0.5, 0.6) is 0 Å². The molecule has 84 valence electrons. The molecule has 0 saturated heterocycles. The van der Waals surface area contributed by atoms with Gasteiger partial charge in [0.1, 0.15) is 0 Å². The lowest BCUT2D eigenvalue weighted by Crippen LogP contribution is -2.02. The predicted molar refractivity (Wildman–Crippen MR) is 73.5 cm³/mol. The minimum absolute atomic E-state index is 0.834. The van der Waals surface area contributed by atoms with E-state index >= 15 is 0 Å². The van der Waals surface area contributed by atoms with E-state index in [1.807, 2.05) is 0 Å². The van der Waals surface area contributed by atoms with Gasteiger partial charge in [-0.2, -0.15) is 10.0 Å². The lowest BCUT2D eigenvalue weighted by molar-refractivity contribution is 1.31. The molecule has 2 rings (SSSR count). The van der Waals surface area contributed by atoms with E-state index in [1.165, 1.54) is 15.5 Å². The molecule has 0 aliphatic heterocycles. The highest BCUT2D eigenvalue weighted by molar-refractivity contribution is 8.33. The molecule has 0 fully saturated rings. The van der Waals surface area contributed by atoms with Crippen LogP contribution >= 0.6 is 10.0 Å². The van der Waals surface area contributed by atoms with Crippen LogP contribution in [0, 0.1) is 0 Å². The molecule has 1 heteroatoms. The molecule has 2 aromatic rings. The topological polar surface area (TPSA) is 0 Å². The zero-order valence-corrected chi connectivity index (χ0v) is 10.7. The van der Waals surface area contributed by atoms with Gasteiger partial charge in [-0.15, -0.1) is 0 Å². The van der Waals surface area contributed by atoms with Crippen LogP contribution in [0.25, 0.3) is 0 Å². The largest absolute Gasteiger partial charge is 0.191 e. The van der Waals surface area contributed by atoms with Gasteiger partial charge in [0.15, 0.2) is 0 Å². The Hall–Kier alpha value is -1.21. The third-order valence-electron chi connectivity index (χ3n) is 3.10. The molecule has 0 atom stereocenters. The van der Waals surface area contributed by atoms with Crippen LogP contribution in [0.15, 0.2) is 70.5 Å². The van der Waals surface area contributed by atoms with Gasteiger partial charge in [0.05, 0.1) is 0 Å². The van der Waals surface area contributed by atoms with Crippen molar-refractivity contribution in [2.24, 2.45) is 0 Å². The quantitative estimate of drug-likeness (QED) is 0.725. The Balaban J connectivity index is 2.49. The second-order valence-electron chi connectivity index (χ2n) is 4.00. The zero-order valence-electron chi connectivity index (χ0n) is 9.89. The molecular formula is C15H18S. The minimum atomic E-state index is -0.834. The minimum Gasteiger partial charge on any atom is -0.191 e. The molecule has 2 aromatic carbocycles. The first-order chi connectivity index (χ1) is 7.77. The van der Waals surface area contributed by atoms with Gasteiger partial charge in [0.25, 0.3) is 0 Å². The maximum Gasteiger partial charge on any atom is -0.00618 e. The SMILES string of the molecule is CCS(C)(c1ccccc1)c1ccccc1. The highest BCUT2D eigenvalue weighted by Crippen LogP contribution is 2.58. The lowest BCUT2D eigenvalue weighted by Gasteiger charge is -2.35. The molecule has 0 N–H and O–H groups in total. The van der Waals surface area contributed by atoms with Gasteiger partial charge in [-0.3, -0.25) is 0 Å². The zero-order chi connectivity index (χ0) is 11.4. The van der Waals surface area contributed by atoms with E-state index in [-0.39, 0.29) is 0 Å². The second-order valence-corrected chi connectivity index (χ2v) is 7.70. The van der Waals surface area contributed by atoms with Crippen molar-refractivity contribution in [2.75, 3.05) is 12.0 Å². The van der Waals surface area contributed by atoms with Crippen molar-refractivity contribution in [3.63, 3.8) is 0 Å². The van der Waals surface area contributed by atoms with Gasteiger partial charge >= 0.3 is 0 Å². The predicted octanol–water partition coefficient (Wildman–Crippen LogP) is 4.56. The Morgan fingerprint density at radius 2 is 1.12 bits per heavy atom. The summed E-state index contributed by atoms with van der Waals surface area (Å²) in [6.45, 7) is 2.29. The normalized spacial score (nSPS) is 12.4. The van der Waals surface area contributed by atoms with Crippen molar-refractivity contribution in [2.45, 2.75) is 16.7 Å². The summed E-state index contributed by atoms with van der Waals surface area (Å²) in [6.07, 6.45) is 2.40. The Kier molecular flexibility index (Phi) is 3.35. The molecule has 0 unspecified atom stereocenters. The summed E-state index contributed by atoms with van der Waals surface area (Å²) in [7, 11) is -0.834. The van der Waals surface area contributed by atoms with Crippen LogP contribution in [-0.2, 0) is 0 Å². The van der Waals surface area contributed by atoms with Crippen LogP contribution in [0.1, 0.15) is 6.92 Å². The van der Waals surface area contributed by atoms with Crippen LogP contribution in [-0.4, -0.2) is 12.0 Å². The van der Waals surface area contributed by atoms with E-state index in [2.05, 4.69) is 73.8 Å². The van der Waals surface area contributed by atoms with Crippen LogP contribution in [0.4, 0.5) is 0 Å². The van der Waals surface area contributed by atoms with Crippen molar-refractivity contribution < 1.29 is 0 Å². The fraction of sp³-hybridized carbons (Fsp3) is 0.200. The number of hydrogen-bond acceptors (Lipinski definition) is 0. The van der Waals surface area contributed by atoms with Crippen molar-refractivity contribution in [1.29, 1.82) is 0 Å². The molecule has 16 heavy (non-hydrogen) atoms. The first-order valence-electron chi connectivity index (χ1n) is 5.63. The highest BCUT2D eigenvalue weighted by Gasteiger charge is 2.20. The molecule has 0 spiro atoms. The van der Waals surface area contributed by atoms with E-state index in [9.17, 15) is 0 Å². The molecule has 0 aliphatic rings. The summed E-state index contributed by atoms with van der Waals surface area (Å²) >= 11 is 0. The molecule has 0 radical (unpaired) electrons. The standard InChI is InChI=1S/C15H18S/c1-3-16(2,14-10-6-4-7-11-14)15-12-8-5-9-13-15/h4-13H,3H2,1-2H3. The molecule has 0 nitrogen and oxygen atoms in total. The fourth-order valence-electron chi connectivity index (χ4n) is 1.91. The summed E-state index contributed by atoms with van der Waals surface area (Å²) in [5.74, 6) is 1.20. The monoisotopic (exact) mass is 230 g/mol. The molecule has 0 saturated carbocycles. The highest BCUT2D eigenvalue weighted by atomic mass is 32.3. The summed E-state index contributed by atoms with van der Waals surface area (Å²) in [4.78, 5) is 2.95. The summed E-state index contributed by atoms with van der Waals surface area (Å²) < 4.78 is 0. The van der Waals surface area contributed by atoms with Crippen molar-refractivity contribution in [1.82, 2.24) is 0 Å². The lowest BCUT2D eigenvalue weighted by atomic mass is 10.4. The number of rotatable bonds is 3. The Morgan fingerprint density at radius 3 is 1.44 bits per heavy atom. The molecule has 0 bridgehead atoms. The first-order valence-corrected chi connectivity index (χ1v) is 7.84. The average molecular weight is 230 g/mol. The van der Waals surface area contributed by atoms with E-state index in [1.54, 1.807) is 0 Å². The molecule has 0 aliphatic carbocycles. The maximum absolute atomic E-state index is 2.40. The van der Waals surface area contributed by atoms with E-state index in [4.69, 9.17) is 0 Å². The van der Waals surface area contributed by atoms with Gasteiger partial charge < -0.3 is 0 Å². The van der Waals surface area contributed by atoms with E-state index in [0.717, 1.165) is 0 Å². The molecule has 0 aromatic heterocycles. The third-order valence-corrected chi connectivity index (χ3v) is 6.88. The van der Waals surface area contributed by atoms with Crippen LogP contribution < -0.4 is 0 Å². The average Bonchev–Trinajstić information content (AvgIpc) is 2.40. The van der Waals surface area contributed by atoms with Gasteiger partial charge in [0, 0.05) is 0 Å².